The number of urea groups is 1. The van der Waals surface area contributed by atoms with Crippen molar-refractivity contribution in [1.82, 2.24) is 19.8 Å². The molecule has 6 heteroatoms. The molecule has 0 aromatic carbocycles. The van der Waals surface area contributed by atoms with E-state index in [0.29, 0.717) is 13.1 Å². The summed E-state index contributed by atoms with van der Waals surface area (Å²) in [4.78, 5) is 18.3. The Labute approximate surface area is 138 Å². The lowest BCUT2D eigenvalue weighted by molar-refractivity contribution is 0.169. The molecule has 1 aliphatic rings. The Kier molecular flexibility index (Phi) is 7.39. The molecule has 2 rings (SSSR count). The van der Waals surface area contributed by atoms with Gasteiger partial charge in [0.1, 0.15) is 0 Å². The zero-order chi connectivity index (χ0) is 16.5. The standard InChI is InChI=1S/C17H30N4O2/c1-20-13-16(19-14-20)7-9-18-17(23)21(11-12-22)10-8-15-5-3-2-4-6-15/h13-15,22H,2-12H2,1H3,(H,18,23). The fourth-order valence-corrected chi connectivity index (χ4v) is 3.26. The van der Waals surface area contributed by atoms with E-state index in [1.54, 1.807) is 11.2 Å². The Hall–Kier alpha value is -1.56. The molecule has 1 heterocycles. The monoisotopic (exact) mass is 322 g/mol. The van der Waals surface area contributed by atoms with Gasteiger partial charge in [-0.1, -0.05) is 32.1 Å². The molecule has 2 N–H and O–H groups in total. The number of aromatic nitrogens is 2. The number of rotatable bonds is 8. The highest BCUT2D eigenvalue weighted by Crippen LogP contribution is 2.26. The lowest BCUT2D eigenvalue weighted by Crippen LogP contribution is -2.43. The Morgan fingerprint density at radius 3 is 2.83 bits per heavy atom. The molecule has 0 radical (unpaired) electrons. The highest BCUT2D eigenvalue weighted by atomic mass is 16.3. The van der Waals surface area contributed by atoms with Gasteiger partial charge >= 0.3 is 6.03 Å². The van der Waals surface area contributed by atoms with Crippen LogP contribution in [-0.4, -0.2) is 51.8 Å². The van der Waals surface area contributed by atoms with Crippen LogP contribution in [0.1, 0.15) is 44.2 Å². The lowest BCUT2D eigenvalue weighted by Gasteiger charge is -2.27. The Morgan fingerprint density at radius 1 is 1.39 bits per heavy atom. The summed E-state index contributed by atoms with van der Waals surface area (Å²) in [5.41, 5.74) is 0.976. The van der Waals surface area contributed by atoms with Gasteiger partial charge in [0.05, 0.1) is 18.6 Å². The van der Waals surface area contributed by atoms with Gasteiger partial charge in [-0.05, 0) is 12.3 Å². The molecule has 0 spiro atoms. The van der Waals surface area contributed by atoms with Crippen LogP contribution in [0.3, 0.4) is 0 Å². The van der Waals surface area contributed by atoms with E-state index in [1.807, 2.05) is 17.8 Å². The fraction of sp³-hybridized carbons (Fsp3) is 0.765. The maximum atomic E-state index is 12.3. The smallest absolute Gasteiger partial charge is 0.317 e. The highest BCUT2D eigenvalue weighted by molar-refractivity contribution is 5.74. The van der Waals surface area contributed by atoms with Crippen LogP contribution < -0.4 is 5.32 Å². The second kappa shape index (κ2) is 9.55. The summed E-state index contributed by atoms with van der Waals surface area (Å²) >= 11 is 0. The van der Waals surface area contributed by atoms with Crippen LogP contribution in [0.4, 0.5) is 4.79 Å². The second-order valence-corrected chi connectivity index (χ2v) is 6.52. The van der Waals surface area contributed by atoms with Gasteiger partial charge in [0.2, 0.25) is 0 Å². The van der Waals surface area contributed by atoms with Gasteiger partial charge in [-0.3, -0.25) is 0 Å². The molecule has 0 aliphatic heterocycles. The van der Waals surface area contributed by atoms with Crippen LogP contribution in [0, 0.1) is 5.92 Å². The summed E-state index contributed by atoms with van der Waals surface area (Å²) < 4.78 is 1.90. The molecule has 1 saturated carbocycles. The largest absolute Gasteiger partial charge is 0.395 e. The molecule has 1 fully saturated rings. The van der Waals surface area contributed by atoms with E-state index in [9.17, 15) is 9.90 Å². The Balaban J connectivity index is 1.70. The third kappa shape index (κ3) is 6.22. The Bertz CT molecular complexity index is 469. The molecule has 130 valence electrons. The number of hydrogen-bond donors (Lipinski definition) is 2. The number of amides is 2. The van der Waals surface area contributed by atoms with Crippen molar-refractivity contribution in [2.45, 2.75) is 44.9 Å². The summed E-state index contributed by atoms with van der Waals surface area (Å²) in [6, 6.07) is -0.0780. The molecule has 0 atom stereocenters. The number of imidazole rings is 1. The third-order valence-corrected chi connectivity index (χ3v) is 4.60. The van der Waals surface area contributed by atoms with Crippen molar-refractivity contribution in [2.24, 2.45) is 13.0 Å². The van der Waals surface area contributed by atoms with Crippen LogP contribution in [-0.2, 0) is 13.5 Å². The summed E-state index contributed by atoms with van der Waals surface area (Å²) in [5.74, 6) is 0.742. The average molecular weight is 322 g/mol. The molecular weight excluding hydrogens is 292 g/mol. The number of aliphatic hydroxyl groups excluding tert-OH is 1. The van der Waals surface area contributed by atoms with Crippen molar-refractivity contribution in [3.63, 3.8) is 0 Å². The van der Waals surface area contributed by atoms with Crippen molar-refractivity contribution in [2.75, 3.05) is 26.2 Å². The molecule has 0 saturated heterocycles. The minimum Gasteiger partial charge on any atom is -0.395 e. The molecule has 2 amide bonds. The summed E-state index contributed by atoms with van der Waals surface area (Å²) in [6.45, 7) is 1.72. The van der Waals surface area contributed by atoms with Crippen LogP contribution in [0.5, 0.6) is 0 Å². The molecule has 1 aromatic heterocycles. The van der Waals surface area contributed by atoms with Gasteiger partial charge < -0.3 is 19.9 Å². The van der Waals surface area contributed by atoms with Gasteiger partial charge in [-0.25, -0.2) is 9.78 Å². The number of carbonyl (C=O) groups is 1. The lowest BCUT2D eigenvalue weighted by atomic mass is 9.87. The maximum absolute atomic E-state index is 12.3. The molecule has 0 bridgehead atoms. The van der Waals surface area contributed by atoms with E-state index in [0.717, 1.165) is 31.0 Å². The molecule has 1 aromatic rings. The fourth-order valence-electron chi connectivity index (χ4n) is 3.26. The van der Waals surface area contributed by atoms with E-state index in [2.05, 4.69) is 10.3 Å². The minimum absolute atomic E-state index is 0.0122. The predicted molar refractivity (Wildman–Crippen MR) is 90.2 cm³/mol. The maximum Gasteiger partial charge on any atom is 0.317 e. The van der Waals surface area contributed by atoms with E-state index in [1.165, 1.54) is 32.1 Å². The van der Waals surface area contributed by atoms with Crippen LogP contribution in [0.25, 0.3) is 0 Å². The normalized spacial score (nSPS) is 15.6. The van der Waals surface area contributed by atoms with E-state index in [4.69, 9.17) is 0 Å². The molecule has 6 nitrogen and oxygen atoms in total. The zero-order valence-corrected chi connectivity index (χ0v) is 14.2. The van der Waals surface area contributed by atoms with E-state index >= 15 is 0 Å². The first-order valence-electron chi connectivity index (χ1n) is 8.79. The van der Waals surface area contributed by atoms with Crippen molar-refractivity contribution in [1.29, 1.82) is 0 Å². The zero-order valence-electron chi connectivity index (χ0n) is 14.2. The topological polar surface area (TPSA) is 70.4 Å². The van der Waals surface area contributed by atoms with Gasteiger partial charge in [-0.15, -0.1) is 0 Å². The van der Waals surface area contributed by atoms with Gasteiger partial charge in [-0.2, -0.15) is 0 Å². The summed E-state index contributed by atoms with van der Waals surface area (Å²) in [6.07, 6.45) is 12.1. The second-order valence-electron chi connectivity index (χ2n) is 6.52. The summed E-state index contributed by atoms with van der Waals surface area (Å²) in [7, 11) is 1.93. The SMILES string of the molecule is Cn1cnc(CCNC(=O)N(CCO)CCC2CCCCC2)c1. The Morgan fingerprint density at radius 2 is 2.17 bits per heavy atom. The molecule has 23 heavy (non-hydrogen) atoms. The summed E-state index contributed by atoms with van der Waals surface area (Å²) in [5, 5.41) is 12.1. The van der Waals surface area contributed by atoms with Crippen molar-refractivity contribution >= 4 is 6.03 Å². The predicted octanol–water partition coefficient (Wildman–Crippen LogP) is 1.94. The van der Waals surface area contributed by atoms with Gasteiger partial charge in [0.25, 0.3) is 0 Å². The van der Waals surface area contributed by atoms with Crippen molar-refractivity contribution in [3.05, 3.63) is 18.2 Å². The number of nitrogens with zero attached hydrogens (tertiary/aromatic N) is 3. The van der Waals surface area contributed by atoms with Crippen LogP contribution in [0.2, 0.25) is 0 Å². The van der Waals surface area contributed by atoms with Crippen molar-refractivity contribution in [3.8, 4) is 0 Å². The minimum atomic E-state index is -0.0780. The quantitative estimate of drug-likeness (QED) is 0.768. The molecule has 1 aliphatic carbocycles. The van der Waals surface area contributed by atoms with E-state index in [-0.39, 0.29) is 12.6 Å². The first kappa shape index (κ1) is 17.8. The number of carbonyl (C=O) groups excluding carboxylic acids is 1. The van der Waals surface area contributed by atoms with Crippen LogP contribution in [0.15, 0.2) is 12.5 Å². The molecular formula is C17H30N4O2. The first-order chi connectivity index (χ1) is 11.2. The molecule has 0 unspecified atom stereocenters. The highest BCUT2D eigenvalue weighted by Gasteiger charge is 2.17. The van der Waals surface area contributed by atoms with Gasteiger partial charge in [0.15, 0.2) is 0 Å². The van der Waals surface area contributed by atoms with E-state index < -0.39 is 0 Å². The number of nitrogens with one attached hydrogen (secondary N) is 1. The van der Waals surface area contributed by atoms with Gasteiger partial charge in [0, 0.05) is 39.3 Å². The van der Waals surface area contributed by atoms with Crippen LogP contribution >= 0.6 is 0 Å². The average Bonchev–Trinajstić information content (AvgIpc) is 2.97. The first-order valence-corrected chi connectivity index (χ1v) is 8.79. The van der Waals surface area contributed by atoms with Crippen molar-refractivity contribution < 1.29 is 9.90 Å². The number of aryl methyl sites for hydroxylation is 1. The number of hydrogen-bond acceptors (Lipinski definition) is 3. The third-order valence-electron chi connectivity index (χ3n) is 4.60. The number of aliphatic hydroxyl groups is 1.